The molecule has 0 atom stereocenters. The summed E-state index contributed by atoms with van der Waals surface area (Å²) in [4.78, 5) is 0. The third-order valence-corrected chi connectivity index (χ3v) is 3.56. The van der Waals surface area contributed by atoms with Gasteiger partial charge in [-0.3, -0.25) is 0 Å². The van der Waals surface area contributed by atoms with Gasteiger partial charge in [0.2, 0.25) is 0 Å². The molecule has 0 aliphatic rings. The van der Waals surface area contributed by atoms with Gasteiger partial charge in [0.05, 0.1) is 0 Å². The Morgan fingerprint density at radius 2 is 1.42 bits per heavy atom. The highest BCUT2D eigenvalue weighted by molar-refractivity contribution is 5.67. The highest BCUT2D eigenvalue weighted by atomic mass is 14.1. The summed E-state index contributed by atoms with van der Waals surface area (Å²) in [5.41, 5.74) is 7.99. The van der Waals surface area contributed by atoms with Gasteiger partial charge < -0.3 is 0 Å². The van der Waals surface area contributed by atoms with Crippen LogP contribution in [0.3, 0.4) is 0 Å². The van der Waals surface area contributed by atoms with Gasteiger partial charge in [-0.1, -0.05) is 54.6 Å². The molecule has 0 radical (unpaired) electrons. The average molecular weight is 250 g/mol. The third kappa shape index (κ3) is 3.35. The normalized spacial score (nSPS) is 10.5. The number of hydrogen-bond donors (Lipinski definition) is 0. The van der Waals surface area contributed by atoms with Gasteiger partial charge in [-0.05, 0) is 61.4 Å². The van der Waals surface area contributed by atoms with Crippen molar-refractivity contribution in [2.24, 2.45) is 0 Å². The molecule has 0 aromatic heterocycles. The summed E-state index contributed by atoms with van der Waals surface area (Å²) in [7, 11) is 0. The number of hydrogen-bond acceptors (Lipinski definition) is 0. The molecule has 98 valence electrons. The van der Waals surface area contributed by atoms with E-state index in [9.17, 15) is 0 Å². The van der Waals surface area contributed by atoms with E-state index in [4.69, 9.17) is 0 Å². The van der Waals surface area contributed by atoms with E-state index in [-0.39, 0.29) is 0 Å². The van der Waals surface area contributed by atoms with Crippen molar-refractivity contribution < 1.29 is 0 Å². The lowest BCUT2D eigenvalue weighted by molar-refractivity contribution is 0.955. The van der Waals surface area contributed by atoms with E-state index in [1.54, 1.807) is 0 Å². The minimum Gasteiger partial charge on any atom is -0.0955 e. The van der Waals surface area contributed by atoms with Gasteiger partial charge in [-0.25, -0.2) is 0 Å². The van der Waals surface area contributed by atoms with Crippen LogP contribution in [0.2, 0.25) is 0 Å². The van der Waals surface area contributed by atoms with Crippen molar-refractivity contribution in [3.05, 3.63) is 76.9 Å². The lowest BCUT2D eigenvalue weighted by Gasteiger charge is -2.12. The Morgan fingerprint density at radius 3 is 1.95 bits per heavy atom. The van der Waals surface area contributed by atoms with E-state index in [2.05, 4.69) is 69.8 Å². The first-order valence-corrected chi connectivity index (χ1v) is 6.88. The Kier molecular flexibility index (Phi) is 4.21. The molecule has 19 heavy (non-hydrogen) atoms. The largest absolute Gasteiger partial charge is 0.0955 e. The first kappa shape index (κ1) is 13.6. The molecule has 0 aliphatic heterocycles. The van der Waals surface area contributed by atoms with Crippen LogP contribution in [0, 0.1) is 13.8 Å². The van der Waals surface area contributed by atoms with E-state index < -0.39 is 0 Å². The third-order valence-electron chi connectivity index (χ3n) is 3.56. The fourth-order valence-corrected chi connectivity index (χ4v) is 2.80. The molecule has 2 rings (SSSR count). The van der Waals surface area contributed by atoms with Gasteiger partial charge in [0.25, 0.3) is 0 Å². The smallest absolute Gasteiger partial charge is 0.0174 e. The molecule has 0 saturated carbocycles. The van der Waals surface area contributed by atoms with Gasteiger partial charge >= 0.3 is 0 Å². The Morgan fingerprint density at radius 1 is 0.895 bits per heavy atom. The van der Waals surface area contributed by atoms with E-state index in [1.165, 1.54) is 27.8 Å². The molecule has 0 heterocycles. The quantitative estimate of drug-likeness (QED) is 0.706. The van der Waals surface area contributed by atoms with Crippen LogP contribution in [-0.2, 0) is 12.8 Å². The van der Waals surface area contributed by atoms with Gasteiger partial charge in [0.1, 0.15) is 0 Å². The van der Waals surface area contributed by atoms with Crippen LogP contribution in [0.4, 0.5) is 0 Å². The topological polar surface area (TPSA) is 0 Å². The van der Waals surface area contributed by atoms with Crippen molar-refractivity contribution in [3.8, 4) is 0 Å². The molecular formula is C19H22. The van der Waals surface area contributed by atoms with Crippen molar-refractivity contribution in [1.82, 2.24) is 0 Å². The predicted octanol–water partition coefficient (Wildman–Crippen LogP) is 5.12. The molecule has 0 spiro atoms. The van der Waals surface area contributed by atoms with Crippen LogP contribution in [-0.4, -0.2) is 0 Å². The minimum absolute atomic E-state index is 1.10. The zero-order valence-electron chi connectivity index (χ0n) is 12.2. The van der Waals surface area contributed by atoms with Gasteiger partial charge in [0.15, 0.2) is 0 Å². The second-order valence-corrected chi connectivity index (χ2v) is 5.37. The van der Waals surface area contributed by atoms with Crippen molar-refractivity contribution in [3.63, 3.8) is 0 Å². The van der Waals surface area contributed by atoms with Crippen LogP contribution in [0.15, 0.2) is 49.0 Å². The van der Waals surface area contributed by atoms with Crippen molar-refractivity contribution in [1.29, 1.82) is 0 Å². The van der Waals surface area contributed by atoms with Crippen molar-refractivity contribution in [2.45, 2.75) is 33.6 Å². The van der Waals surface area contributed by atoms with Gasteiger partial charge in [-0.2, -0.15) is 0 Å². The molecule has 0 amide bonds. The molecule has 0 saturated heterocycles. The molecule has 0 heteroatoms. The Labute approximate surface area is 116 Å². The number of aryl methyl sites for hydroxylation is 4. The maximum Gasteiger partial charge on any atom is -0.0174 e. The van der Waals surface area contributed by atoms with E-state index >= 15 is 0 Å². The van der Waals surface area contributed by atoms with E-state index in [0.717, 1.165) is 18.4 Å². The second-order valence-electron chi connectivity index (χ2n) is 5.37. The molecular weight excluding hydrogens is 228 g/mol. The summed E-state index contributed by atoms with van der Waals surface area (Å²) in [5, 5.41) is 0. The summed E-state index contributed by atoms with van der Waals surface area (Å²) in [6.45, 7) is 10.5. The summed E-state index contributed by atoms with van der Waals surface area (Å²) >= 11 is 0. The number of benzene rings is 2. The molecule has 0 fully saturated rings. The molecule has 0 nitrogen and oxygen atoms in total. The highest BCUT2D eigenvalue weighted by Gasteiger charge is 2.06. The average Bonchev–Trinajstić information content (AvgIpc) is 2.36. The first-order valence-electron chi connectivity index (χ1n) is 6.88. The Hall–Kier alpha value is -1.82. The number of allylic oxidation sites excluding steroid dienone is 1. The number of rotatable bonds is 4. The lowest BCUT2D eigenvalue weighted by Crippen LogP contribution is -1.97. The fraction of sp³-hybridized carbons (Fsp3) is 0.263. The van der Waals surface area contributed by atoms with Crippen LogP contribution in [0.5, 0.6) is 0 Å². The monoisotopic (exact) mass is 250 g/mol. The maximum atomic E-state index is 4.07. The maximum absolute atomic E-state index is 4.07. The van der Waals surface area contributed by atoms with Gasteiger partial charge in [-0.15, -0.1) is 0 Å². The van der Waals surface area contributed by atoms with Gasteiger partial charge in [0, 0.05) is 0 Å². The fourth-order valence-electron chi connectivity index (χ4n) is 2.80. The van der Waals surface area contributed by atoms with Crippen LogP contribution < -0.4 is 0 Å². The summed E-state index contributed by atoms with van der Waals surface area (Å²) in [6.07, 6.45) is 2.20. The molecule has 2 aromatic rings. The Balaban J connectivity index is 2.16. The van der Waals surface area contributed by atoms with Crippen LogP contribution in [0.1, 0.15) is 34.7 Å². The summed E-state index contributed by atoms with van der Waals surface area (Å²) < 4.78 is 0. The van der Waals surface area contributed by atoms with Crippen molar-refractivity contribution in [2.75, 3.05) is 0 Å². The molecule has 0 bridgehead atoms. The summed E-state index contributed by atoms with van der Waals surface area (Å²) in [6, 6.07) is 15.3. The molecule has 2 aromatic carbocycles. The SMILES string of the molecule is C=C(C)c1c(C)cc(CCc2ccccc2)cc1C. The van der Waals surface area contributed by atoms with Crippen molar-refractivity contribution >= 4 is 5.57 Å². The predicted molar refractivity (Wildman–Crippen MR) is 84.5 cm³/mol. The van der Waals surface area contributed by atoms with E-state index in [0.29, 0.717) is 0 Å². The zero-order chi connectivity index (χ0) is 13.8. The Bertz CT molecular complexity index is 553. The zero-order valence-corrected chi connectivity index (χ0v) is 12.2. The molecule has 0 N–H and O–H groups in total. The standard InChI is InChI=1S/C19H22/c1-14(2)19-15(3)12-18(13-16(19)4)11-10-17-8-6-5-7-9-17/h5-9,12-13H,1,10-11H2,2-4H3. The second kappa shape index (κ2) is 5.88. The van der Waals surface area contributed by atoms with E-state index in [1.807, 2.05) is 0 Å². The minimum atomic E-state index is 1.10. The summed E-state index contributed by atoms with van der Waals surface area (Å²) in [5.74, 6) is 0. The molecule has 0 aliphatic carbocycles. The van der Waals surface area contributed by atoms with Crippen LogP contribution in [0.25, 0.3) is 5.57 Å². The highest BCUT2D eigenvalue weighted by Crippen LogP contribution is 2.23. The molecule has 0 unspecified atom stereocenters. The van der Waals surface area contributed by atoms with Crippen LogP contribution >= 0.6 is 0 Å². The lowest BCUT2D eigenvalue weighted by atomic mass is 9.93. The first-order chi connectivity index (χ1) is 9.08.